The molecular formula is C18H13F2N5O3. The van der Waals surface area contributed by atoms with E-state index < -0.39 is 29.6 Å². The van der Waals surface area contributed by atoms with Crippen LogP contribution in [0.2, 0.25) is 0 Å². The third-order valence-electron chi connectivity index (χ3n) is 4.49. The number of hydrogen-bond donors (Lipinski definition) is 2. The van der Waals surface area contributed by atoms with E-state index in [4.69, 9.17) is 10.00 Å². The second-order valence-electron chi connectivity index (χ2n) is 6.32. The van der Waals surface area contributed by atoms with Gasteiger partial charge in [-0.2, -0.15) is 5.26 Å². The van der Waals surface area contributed by atoms with Crippen molar-refractivity contribution in [1.82, 2.24) is 15.2 Å². The van der Waals surface area contributed by atoms with E-state index in [9.17, 15) is 18.4 Å². The van der Waals surface area contributed by atoms with Crippen LogP contribution in [0.5, 0.6) is 5.75 Å². The number of aromatic nitrogens is 1. The maximum absolute atomic E-state index is 14.0. The normalized spacial score (nSPS) is 17.1. The predicted molar refractivity (Wildman–Crippen MR) is 91.1 cm³/mol. The number of urea groups is 1. The third-order valence-corrected chi connectivity index (χ3v) is 4.49. The van der Waals surface area contributed by atoms with Gasteiger partial charge in [-0.15, -0.1) is 0 Å². The Hall–Kier alpha value is -3.74. The van der Waals surface area contributed by atoms with Crippen LogP contribution in [0, 0.1) is 23.0 Å². The molecule has 1 aromatic heterocycles. The second-order valence-corrected chi connectivity index (χ2v) is 6.32. The van der Waals surface area contributed by atoms with Gasteiger partial charge in [-0.25, -0.2) is 13.6 Å². The van der Waals surface area contributed by atoms with E-state index in [0.29, 0.717) is 17.0 Å². The highest BCUT2D eigenvalue weighted by atomic mass is 19.2. The average molecular weight is 385 g/mol. The zero-order valence-corrected chi connectivity index (χ0v) is 14.3. The van der Waals surface area contributed by atoms with Crippen LogP contribution >= 0.6 is 0 Å². The summed E-state index contributed by atoms with van der Waals surface area (Å²) in [6, 6.07) is 4.56. The molecule has 0 radical (unpaired) electrons. The molecule has 0 bridgehead atoms. The number of halogens is 2. The summed E-state index contributed by atoms with van der Waals surface area (Å²) in [6.45, 7) is -0.457. The Kier molecular flexibility index (Phi) is 4.27. The summed E-state index contributed by atoms with van der Waals surface area (Å²) >= 11 is 0. The number of anilines is 1. The fourth-order valence-corrected chi connectivity index (χ4v) is 3.12. The van der Waals surface area contributed by atoms with Gasteiger partial charge in [-0.1, -0.05) is 0 Å². The molecule has 0 saturated carbocycles. The van der Waals surface area contributed by atoms with E-state index in [2.05, 4.69) is 15.6 Å². The molecule has 1 aromatic carbocycles. The largest absolute Gasteiger partial charge is 0.489 e. The number of carbonyl (C=O) groups is 2. The van der Waals surface area contributed by atoms with E-state index in [1.165, 1.54) is 18.3 Å². The molecular weight excluding hydrogens is 372 g/mol. The summed E-state index contributed by atoms with van der Waals surface area (Å²) in [5.41, 5.74) is 0.973. The molecule has 0 spiro atoms. The second kappa shape index (κ2) is 6.77. The van der Waals surface area contributed by atoms with Crippen LogP contribution in [0.4, 0.5) is 19.3 Å². The summed E-state index contributed by atoms with van der Waals surface area (Å²) in [6.07, 6.45) is 1.37. The first-order chi connectivity index (χ1) is 13.5. The van der Waals surface area contributed by atoms with Gasteiger partial charge in [0.25, 0.3) is 0 Å². The molecule has 1 atom stereocenters. The van der Waals surface area contributed by atoms with Crippen LogP contribution in [0.25, 0.3) is 0 Å². The fraction of sp³-hybridized carbons (Fsp3) is 0.222. The molecule has 2 N–H and O–H groups in total. The van der Waals surface area contributed by atoms with E-state index in [-0.39, 0.29) is 30.9 Å². The first kappa shape index (κ1) is 17.7. The Morgan fingerprint density at radius 3 is 3.07 bits per heavy atom. The molecule has 2 aliphatic heterocycles. The van der Waals surface area contributed by atoms with Crippen LogP contribution in [0.3, 0.4) is 0 Å². The predicted octanol–water partition coefficient (Wildman–Crippen LogP) is 1.83. The number of ether oxygens (including phenoxy) is 1. The highest BCUT2D eigenvalue weighted by Crippen LogP contribution is 2.31. The number of amides is 3. The van der Waals surface area contributed by atoms with Gasteiger partial charge in [-0.3, -0.25) is 9.78 Å². The Labute approximate surface area is 157 Å². The van der Waals surface area contributed by atoms with Crippen molar-refractivity contribution >= 4 is 17.6 Å². The zero-order valence-electron chi connectivity index (χ0n) is 14.3. The van der Waals surface area contributed by atoms with Crippen LogP contribution in [0.1, 0.15) is 22.9 Å². The van der Waals surface area contributed by atoms with Crippen molar-refractivity contribution in [1.29, 1.82) is 5.26 Å². The average Bonchev–Trinajstić information content (AvgIpc) is 3.08. The first-order valence-corrected chi connectivity index (χ1v) is 8.31. The summed E-state index contributed by atoms with van der Waals surface area (Å²) < 4.78 is 32.8. The number of fused-ring (bicyclic) bond motifs is 2. The minimum absolute atomic E-state index is 0.0207. The minimum atomic E-state index is -1.06. The maximum atomic E-state index is 14.0. The Morgan fingerprint density at radius 2 is 2.29 bits per heavy atom. The number of nitrogens with zero attached hydrogens (tertiary/aromatic N) is 3. The molecule has 1 unspecified atom stereocenters. The Bertz CT molecular complexity index is 1040. The number of nitriles is 1. The maximum Gasteiger partial charge on any atom is 0.322 e. The van der Waals surface area contributed by atoms with E-state index >= 15 is 0 Å². The number of benzene rings is 1. The SMILES string of the molecule is N#Cc1cnc2c(c1)OCC2NC(=O)CN1Cc2c(ccc(F)c2F)NC1=O. The van der Waals surface area contributed by atoms with E-state index in [0.717, 1.165) is 11.0 Å². The molecule has 3 amide bonds. The van der Waals surface area contributed by atoms with Crippen molar-refractivity contribution in [2.75, 3.05) is 18.5 Å². The summed E-state index contributed by atoms with van der Waals surface area (Å²) in [5.74, 6) is -2.19. The number of carbonyl (C=O) groups excluding carboxylic acids is 2. The fourth-order valence-electron chi connectivity index (χ4n) is 3.12. The zero-order chi connectivity index (χ0) is 19.8. The van der Waals surface area contributed by atoms with Gasteiger partial charge in [0.2, 0.25) is 5.91 Å². The van der Waals surface area contributed by atoms with Gasteiger partial charge in [-0.05, 0) is 12.1 Å². The van der Waals surface area contributed by atoms with Crippen LogP contribution in [-0.2, 0) is 11.3 Å². The molecule has 4 rings (SSSR count). The molecule has 8 nitrogen and oxygen atoms in total. The summed E-state index contributed by atoms with van der Waals surface area (Å²) in [7, 11) is 0. The smallest absolute Gasteiger partial charge is 0.322 e. The van der Waals surface area contributed by atoms with Crippen molar-refractivity contribution in [3.8, 4) is 11.8 Å². The molecule has 0 aliphatic carbocycles. The topological polar surface area (TPSA) is 107 Å². The monoisotopic (exact) mass is 385 g/mol. The lowest BCUT2D eigenvalue weighted by Gasteiger charge is -2.29. The molecule has 28 heavy (non-hydrogen) atoms. The van der Waals surface area contributed by atoms with E-state index in [1.807, 2.05) is 6.07 Å². The minimum Gasteiger partial charge on any atom is -0.489 e. The highest BCUT2D eigenvalue weighted by molar-refractivity contribution is 5.95. The molecule has 0 saturated heterocycles. The lowest BCUT2D eigenvalue weighted by molar-refractivity contribution is -0.122. The Balaban J connectivity index is 1.45. The molecule has 2 aromatic rings. The van der Waals surface area contributed by atoms with Crippen LogP contribution in [0.15, 0.2) is 24.4 Å². The van der Waals surface area contributed by atoms with Gasteiger partial charge < -0.3 is 20.3 Å². The van der Waals surface area contributed by atoms with Gasteiger partial charge in [0.15, 0.2) is 11.6 Å². The van der Waals surface area contributed by atoms with Crippen molar-refractivity contribution < 1.29 is 23.1 Å². The van der Waals surface area contributed by atoms with Crippen molar-refractivity contribution in [2.24, 2.45) is 0 Å². The first-order valence-electron chi connectivity index (χ1n) is 8.31. The Morgan fingerprint density at radius 1 is 1.46 bits per heavy atom. The summed E-state index contributed by atoms with van der Waals surface area (Å²) in [4.78, 5) is 29.7. The lowest BCUT2D eigenvalue weighted by Crippen LogP contribution is -2.45. The number of pyridine rings is 1. The van der Waals surface area contributed by atoms with Crippen LogP contribution in [-0.4, -0.2) is 35.0 Å². The number of nitrogens with one attached hydrogen (secondary N) is 2. The quantitative estimate of drug-likeness (QED) is 0.838. The van der Waals surface area contributed by atoms with E-state index in [1.54, 1.807) is 0 Å². The lowest BCUT2D eigenvalue weighted by atomic mass is 10.1. The third kappa shape index (κ3) is 3.07. The van der Waals surface area contributed by atoms with Crippen molar-refractivity contribution in [2.45, 2.75) is 12.6 Å². The highest BCUT2D eigenvalue weighted by Gasteiger charge is 2.31. The van der Waals surface area contributed by atoms with Gasteiger partial charge >= 0.3 is 6.03 Å². The van der Waals surface area contributed by atoms with Crippen molar-refractivity contribution in [3.05, 3.63) is 52.9 Å². The van der Waals surface area contributed by atoms with Gasteiger partial charge in [0, 0.05) is 17.8 Å². The van der Waals surface area contributed by atoms with Gasteiger partial charge in [0.05, 0.1) is 17.8 Å². The molecule has 3 heterocycles. The molecule has 0 fully saturated rings. The molecule has 2 aliphatic rings. The summed E-state index contributed by atoms with van der Waals surface area (Å²) in [5, 5.41) is 14.0. The number of rotatable bonds is 3. The molecule has 10 heteroatoms. The molecule has 142 valence electrons. The standard InChI is InChI=1S/C18H13F2N5O3/c19-11-1-2-12-10(16(11)20)6-25(18(27)24-12)7-15(26)23-13-8-28-14-3-9(4-21)5-22-17(13)14/h1-3,5,13H,6-8H2,(H,23,26)(H,24,27). The van der Waals surface area contributed by atoms with Crippen LogP contribution < -0.4 is 15.4 Å². The number of hydrogen-bond acceptors (Lipinski definition) is 5. The van der Waals surface area contributed by atoms with Crippen molar-refractivity contribution in [3.63, 3.8) is 0 Å². The van der Waals surface area contributed by atoms with Gasteiger partial charge in [0.1, 0.15) is 36.7 Å².